The molecule has 1 aromatic carbocycles. The van der Waals surface area contributed by atoms with E-state index in [0.29, 0.717) is 10.6 Å². The number of rotatable bonds is 4. The van der Waals surface area contributed by atoms with Crippen molar-refractivity contribution in [2.75, 3.05) is 5.32 Å². The fourth-order valence-electron chi connectivity index (χ4n) is 1.76. The molecule has 0 saturated heterocycles. The molecule has 1 atom stereocenters. The number of benzene rings is 1. The Balaban J connectivity index is 2.18. The van der Waals surface area contributed by atoms with Gasteiger partial charge in [0.1, 0.15) is 11.8 Å². The molecule has 2 aromatic rings. The molecule has 3 nitrogen and oxygen atoms in total. The highest BCUT2D eigenvalue weighted by Crippen LogP contribution is 2.26. The first kappa shape index (κ1) is 12.5. The second kappa shape index (κ2) is 5.61. The Hall–Kier alpha value is -1.92. The largest absolute Gasteiger partial charge is 0.467 e. The lowest BCUT2D eigenvalue weighted by Gasteiger charge is -2.16. The fraction of sp³-hybridized carbons (Fsp3) is 0.214. The summed E-state index contributed by atoms with van der Waals surface area (Å²) in [6.07, 6.45) is 2.55. The topological polar surface area (TPSA) is 49.0 Å². The first-order chi connectivity index (χ1) is 8.74. The standard InChI is InChI=1S/C14H13ClN2O/c1-2-13(14-4-3-7-18-14)17-11-6-5-10(9-16)12(15)8-11/h3-8,13,17H,2H2,1H3. The van der Waals surface area contributed by atoms with Gasteiger partial charge in [0.25, 0.3) is 0 Å². The van der Waals surface area contributed by atoms with Gasteiger partial charge in [-0.05, 0) is 36.8 Å². The van der Waals surface area contributed by atoms with E-state index in [9.17, 15) is 0 Å². The van der Waals surface area contributed by atoms with E-state index in [1.54, 1.807) is 18.4 Å². The SMILES string of the molecule is CCC(Nc1ccc(C#N)c(Cl)c1)c1ccco1. The van der Waals surface area contributed by atoms with Gasteiger partial charge in [0.2, 0.25) is 0 Å². The summed E-state index contributed by atoms with van der Waals surface area (Å²) in [7, 11) is 0. The lowest BCUT2D eigenvalue weighted by molar-refractivity contribution is 0.474. The Labute approximate surface area is 111 Å². The van der Waals surface area contributed by atoms with Crippen LogP contribution in [-0.2, 0) is 0 Å². The van der Waals surface area contributed by atoms with E-state index in [2.05, 4.69) is 12.2 Å². The highest BCUT2D eigenvalue weighted by atomic mass is 35.5. The molecule has 0 aliphatic heterocycles. The van der Waals surface area contributed by atoms with Crippen LogP contribution < -0.4 is 5.32 Å². The van der Waals surface area contributed by atoms with Crippen LogP contribution in [0.15, 0.2) is 41.0 Å². The number of halogens is 1. The molecule has 2 rings (SSSR count). The van der Waals surface area contributed by atoms with Crippen molar-refractivity contribution >= 4 is 17.3 Å². The molecule has 1 unspecified atom stereocenters. The summed E-state index contributed by atoms with van der Waals surface area (Å²) < 4.78 is 5.39. The van der Waals surface area contributed by atoms with E-state index < -0.39 is 0 Å². The molecule has 0 radical (unpaired) electrons. The van der Waals surface area contributed by atoms with Gasteiger partial charge in [-0.15, -0.1) is 0 Å². The Morgan fingerprint density at radius 1 is 1.44 bits per heavy atom. The third kappa shape index (κ3) is 2.66. The summed E-state index contributed by atoms with van der Waals surface area (Å²) in [5, 5.41) is 12.6. The average molecular weight is 261 g/mol. The summed E-state index contributed by atoms with van der Waals surface area (Å²) in [5.41, 5.74) is 1.36. The monoisotopic (exact) mass is 260 g/mol. The van der Waals surface area contributed by atoms with Gasteiger partial charge in [-0.25, -0.2) is 0 Å². The van der Waals surface area contributed by atoms with Crippen molar-refractivity contribution in [3.05, 3.63) is 52.9 Å². The number of hydrogen-bond acceptors (Lipinski definition) is 3. The van der Waals surface area contributed by atoms with Gasteiger partial charge in [0, 0.05) is 5.69 Å². The third-order valence-corrected chi connectivity index (χ3v) is 3.04. The van der Waals surface area contributed by atoms with Crippen molar-refractivity contribution in [3.63, 3.8) is 0 Å². The van der Waals surface area contributed by atoms with Crippen LogP contribution in [-0.4, -0.2) is 0 Å². The van der Waals surface area contributed by atoms with Gasteiger partial charge < -0.3 is 9.73 Å². The quantitative estimate of drug-likeness (QED) is 0.888. The minimum absolute atomic E-state index is 0.101. The second-order valence-electron chi connectivity index (χ2n) is 3.93. The summed E-state index contributed by atoms with van der Waals surface area (Å²) in [6, 6.07) is 11.3. The van der Waals surface area contributed by atoms with Crippen molar-refractivity contribution in [3.8, 4) is 6.07 Å². The lowest BCUT2D eigenvalue weighted by Crippen LogP contribution is -2.08. The first-order valence-electron chi connectivity index (χ1n) is 5.74. The van der Waals surface area contributed by atoms with Crippen LogP contribution in [0.5, 0.6) is 0 Å². The first-order valence-corrected chi connectivity index (χ1v) is 6.12. The van der Waals surface area contributed by atoms with Gasteiger partial charge in [-0.3, -0.25) is 0 Å². The van der Waals surface area contributed by atoms with E-state index in [1.807, 2.05) is 24.3 Å². The third-order valence-electron chi connectivity index (χ3n) is 2.73. The van der Waals surface area contributed by atoms with E-state index in [1.165, 1.54) is 0 Å². The zero-order chi connectivity index (χ0) is 13.0. The van der Waals surface area contributed by atoms with E-state index in [0.717, 1.165) is 17.9 Å². The normalized spacial score (nSPS) is 11.8. The minimum atomic E-state index is 0.101. The Morgan fingerprint density at radius 3 is 2.83 bits per heavy atom. The summed E-state index contributed by atoms with van der Waals surface area (Å²) in [5.74, 6) is 0.887. The Kier molecular flexibility index (Phi) is 3.91. The van der Waals surface area contributed by atoms with Gasteiger partial charge in [-0.1, -0.05) is 18.5 Å². The van der Waals surface area contributed by atoms with Crippen LogP contribution in [0.4, 0.5) is 5.69 Å². The summed E-state index contributed by atoms with van der Waals surface area (Å²) >= 11 is 6.00. The van der Waals surface area contributed by atoms with Gasteiger partial charge in [0.15, 0.2) is 0 Å². The zero-order valence-electron chi connectivity index (χ0n) is 9.98. The van der Waals surface area contributed by atoms with Gasteiger partial charge in [-0.2, -0.15) is 5.26 Å². The molecule has 1 heterocycles. The van der Waals surface area contributed by atoms with Gasteiger partial charge in [0.05, 0.1) is 22.9 Å². The summed E-state index contributed by atoms with van der Waals surface area (Å²) in [6.45, 7) is 2.07. The molecule has 0 saturated carbocycles. The van der Waals surface area contributed by atoms with Crippen LogP contribution in [0.25, 0.3) is 0 Å². The maximum atomic E-state index is 8.82. The molecule has 0 fully saturated rings. The number of nitrogens with one attached hydrogen (secondary N) is 1. The number of anilines is 1. The van der Waals surface area contributed by atoms with Crippen LogP contribution >= 0.6 is 11.6 Å². The molecule has 1 aromatic heterocycles. The van der Waals surface area contributed by atoms with Crippen LogP contribution in [0.1, 0.15) is 30.7 Å². The maximum Gasteiger partial charge on any atom is 0.125 e. The Morgan fingerprint density at radius 2 is 2.28 bits per heavy atom. The van der Waals surface area contributed by atoms with Crippen molar-refractivity contribution in [1.29, 1.82) is 5.26 Å². The van der Waals surface area contributed by atoms with E-state index in [4.69, 9.17) is 21.3 Å². The summed E-state index contributed by atoms with van der Waals surface area (Å²) in [4.78, 5) is 0. The van der Waals surface area contributed by atoms with E-state index in [-0.39, 0.29) is 6.04 Å². The van der Waals surface area contributed by atoms with E-state index >= 15 is 0 Å². The molecule has 0 amide bonds. The predicted octanol–water partition coefficient (Wildman–Crippen LogP) is 4.37. The highest BCUT2D eigenvalue weighted by molar-refractivity contribution is 6.32. The molecule has 1 N–H and O–H groups in total. The van der Waals surface area contributed by atoms with Crippen molar-refractivity contribution in [2.45, 2.75) is 19.4 Å². The zero-order valence-corrected chi connectivity index (χ0v) is 10.7. The number of nitrogens with zero attached hydrogens (tertiary/aromatic N) is 1. The molecule has 4 heteroatoms. The molecule has 0 spiro atoms. The Bertz CT molecular complexity index is 558. The molecular weight excluding hydrogens is 248 g/mol. The van der Waals surface area contributed by atoms with Crippen LogP contribution in [0.2, 0.25) is 5.02 Å². The highest BCUT2D eigenvalue weighted by Gasteiger charge is 2.12. The molecule has 0 aliphatic rings. The fourth-order valence-corrected chi connectivity index (χ4v) is 1.98. The minimum Gasteiger partial charge on any atom is -0.467 e. The molecule has 0 aliphatic carbocycles. The van der Waals surface area contributed by atoms with Crippen molar-refractivity contribution in [2.24, 2.45) is 0 Å². The predicted molar refractivity (Wildman–Crippen MR) is 71.5 cm³/mol. The maximum absolute atomic E-state index is 8.82. The number of hydrogen-bond donors (Lipinski definition) is 1. The second-order valence-corrected chi connectivity index (χ2v) is 4.33. The molecular formula is C14H13ClN2O. The molecule has 92 valence electrons. The smallest absolute Gasteiger partial charge is 0.125 e. The lowest BCUT2D eigenvalue weighted by atomic mass is 10.1. The van der Waals surface area contributed by atoms with Gasteiger partial charge >= 0.3 is 0 Å². The van der Waals surface area contributed by atoms with Crippen molar-refractivity contribution < 1.29 is 4.42 Å². The van der Waals surface area contributed by atoms with Crippen LogP contribution in [0, 0.1) is 11.3 Å². The van der Waals surface area contributed by atoms with Crippen molar-refractivity contribution in [1.82, 2.24) is 0 Å². The molecule has 18 heavy (non-hydrogen) atoms. The number of furan rings is 1. The van der Waals surface area contributed by atoms with Crippen LogP contribution in [0.3, 0.4) is 0 Å². The number of nitriles is 1. The average Bonchev–Trinajstić information content (AvgIpc) is 2.90. The molecule has 0 bridgehead atoms.